The quantitative estimate of drug-likeness (QED) is 0.608. The smallest absolute Gasteiger partial charge is 0.326 e. The van der Waals surface area contributed by atoms with Crippen molar-refractivity contribution in [3.05, 3.63) is 30.1 Å². The minimum absolute atomic E-state index is 0.151. The van der Waals surface area contributed by atoms with Crippen molar-refractivity contribution in [2.45, 2.75) is 19.0 Å². The van der Waals surface area contributed by atoms with Crippen LogP contribution in [-0.4, -0.2) is 23.6 Å². The number of esters is 1. The average Bonchev–Trinajstić information content (AvgIpc) is 2.79. The molecule has 0 bridgehead atoms. The van der Waals surface area contributed by atoms with Crippen LogP contribution in [0.5, 0.6) is 0 Å². The zero-order valence-electron chi connectivity index (χ0n) is 8.93. The monoisotopic (exact) mass is 222 g/mol. The molecule has 0 saturated carbocycles. The van der Waals surface area contributed by atoms with Crippen molar-refractivity contribution in [2.24, 2.45) is 0 Å². The minimum Gasteiger partial charge on any atom is -0.465 e. The molecule has 16 heavy (non-hydrogen) atoms. The summed E-state index contributed by atoms with van der Waals surface area (Å²) in [5.74, 6) is -0.276. The van der Waals surface area contributed by atoms with Crippen molar-refractivity contribution in [3.63, 3.8) is 0 Å². The van der Waals surface area contributed by atoms with Crippen molar-refractivity contribution in [2.75, 3.05) is 6.61 Å². The molecule has 2 unspecified atom stereocenters. The molecule has 2 heterocycles. The first-order chi connectivity index (χ1) is 7.83. The van der Waals surface area contributed by atoms with Crippen LogP contribution in [0.25, 0.3) is 0 Å². The second-order valence-corrected chi connectivity index (χ2v) is 3.40. The number of nitrogens with zero attached hydrogens (tertiary/aromatic N) is 1. The van der Waals surface area contributed by atoms with Crippen molar-refractivity contribution >= 4 is 5.97 Å². The summed E-state index contributed by atoms with van der Waals surface area (Å²) in [4.78, 5) is 15.6. The molecule has 0 radical (unpaired) electrons. The van der Waals surface area contributed by atoms with Gasteiger partial charge < -0.3 is 4.74 Å². The van der Waals surface area contributed by atoms with Gasteiger partial charge in [0.25, 0.3) is 0 Å². The van der Waals surface area contributed by atoms with Crippen LogP contribution < -0.4 is 16.4 Å². The predicted molar refractivity (Wildman–Crippen MR) is 56.8 cm³/mol. The third-order valence-corrected chi connectivity index (χ3v) is 2.39. The lowest BCUT2D eigenvalue weighted by Gasteiger charge is -2.16. The summed E-state index contributed by atoms with van der Waals surface area (Å²) in [5.41, 5.74) is 9.52. The van der Waals surface area contributed by atoms with Gasteiger partial charge in [-0.1, -0.05) is 0 Å². The second-order valence-electron chi connectivity index (χ2n) is 3.40. The number of aromatic nitrogens is 1. The molecule has 1 aliphatic heterocycles. The Labute approximate surface area is 93.3 Å². The first-order valence-corrected chi connectivity index (χ1v) is 5.15. The molecule has 0 amide bonds. The molecule has 0 spiro atoms. The van der Waals surface area contributed by atoms with Gasteiger partial charge in [0.1, 0.15) is 6.04 Å². The van der Waals surface area contributed by atoms with Gasteiger partial charge in [-0.2, -0.15) is 5.53 Å². The van der Waals surface area contributed by atoms with Gasteiger partial charge in [0, 0.05) is 12.4 Å². The van der Waals surface area contributed by atoms with Gasteiger partial charge in [0.2, 0.25) is 0 Å². The summed E-state index contributed by atoms with van der Waals surface area (Å²) in [6, 6.07) is 3.14. The van der Waals surface area contributed by atoms with Crippen LogP contribution in [0, 0.1) is 0 Å². The summed E-state index contributed by atoms with van der Waals surface area (Å²) in [6.45, 7) is 2.16. The van der Waals surface area contributed by atoms with Crippen LogP contribution in [-0.2, 0) is 9.53 Å². The van der Waals surface area contributed by atoms with E-state index < -0.39 is 6.04 Å². The van der Waals surface area contributed by atoms with E-state index in [1.807, 2.05) is 12.1 Å². The van der Waals surface area contributed by atoms with Crippen LogP contribution in [0.15, 0.2) is 24.5 Å². The topological polar surface area (TPSA) is 75.3 Å². The number of pyridine rings is 1. The van der Waals surface area contributed by atoms with Crippen LogP contribution >= 0.6 is 0 Å². The summed E-state index contributed by atoms with van der Waals surface area (Å²) in [5, 5.41) is 0. The number of carbonyl (C=O) groups excluding carboxylic acids is 1. The maximum atomic E-state index is 11.6. The molecule has 0 aliphatic carbocycles. The highest BCUT2D eigenvalue weighted by Crippen LogP contribution is 2.18. The van der Waals surface area contributed by atoms with E-state index in [1.165, 1.54) is 0 Å². The molecule has 3 N–H and O–H groups in total. The SMILES string of the molecule is CCOC(=O)C1NNNC1c1ccncc1. The fourth-order valence-electron chi connectivity index (χ4n) is 1.64. The van der Waals surface area contributed by atoms with Gasteiger partial charge in [-0.3, -0.25) is 9.78 Å². The van der Waals surface area contributed by atoms with E-state index in [1.54, 1.807) is 19.3 Å². The third-order valence-electron chi connectivity index (χ3n) is 2.39. The number of carbonyl (C=O) groups is 1. The van der Waals surface area contributed by atoms with Crippen molar-refractivity contribution < 1.29 is 9.53 Å². The molecule has 1 fully saturated rings. The molecular weight excluding hydrogens is 208 g/mol. The Kier molecular flexibility index (Phi) is 3.45. The van der Waals surface area contributed by atoms with Crippen molar-refractivity contribution in [1.82, 2.24) is 21.4 Å². The first-order valence-electron chi connectivity index (χ1n) is 5.15. The van der Waals surface area contributed by atoms with Gasteiger partial charge in [-0.15, -0.1) is 0 Å². The molecule has 1 aliphatic rings. The lowest BCUT2D eigenvalue weighted by molar-refractivity contribution is -0.145. The van der Waals surface area contributed by atoms with Crippen molar-refractivity contribution in [1.29, 1.82) is 0 Å². The summed E-state index contributed by atoms with van der Waals surface area (Å²) >= 11 is 0. The van der Waals surface area contributed by atoms with E-state index in [4.69, 9.17) is 4.74 Å². The normalized spacial score (nSPS) is 24.3. The largest absolute Gasteiger partial charge is 0.465 e. The summed E-state index contributed by atoms with van der Waals surface area (Å²) in [7, 11) is 0. The Morgan fingerprint density at radius 1 is 1.44 bits per heavy atom. The van der Waals surface area contributed by atoms with E-state index >= 15 is 0 Å². The molecule has 2 atom stereocenters. The van der Waals surface area contributed by atoms with Gasteiger partial charge in [-0.05, 0) is 24.6 Å². The molecule has 1 aromatic heterocycles. The highest BCUT2D eigenvalue weighted by atomic mass is 16.5. The number of hydrazine groups is 2. The highest BCUT2D eigenvalue weighted by molar-refractivity contribution is 5.77. The third kappa shape index (κ3) is 2.19. The Bertz CT molecular complexity index is 357. The molecular formula is C10H14N4O2. The molecule has 0 aromatic carbocycles. The fraction of sp³-hybridized carbons (Fsp3) is 0.400. The summed E-state index contributed by atoms with van der Waals surface area (Å²) < 4.78 is 4.98. The van der Waals surface area contributed by atoms with E-state index in [0.717, 1.165) is 5.56 Å². The number of hydrogen-bond donors (Lipinski definition) is 3. The summed E-state index contributed by atoms with van der Waals surface area (Å²) in [6.07, 6.45) is 3.38. The number of hydrogen-bond acceptors (Lipinski definition) is 6. The Morgan fingerprint density at radius 3 is 2.88 bits per heavy atom. The number of nitrogens with one attached hydrogen (secondary N) is 3. The van der Waals surface area contributed by atoms with Gasteiger partial charge in [-0.25, -0.2) is 10.9 Å². The lowest BCUT2D eigenvalue weighted by Crippen LogP contribution is -2.39. The van der Waals surface area contributed by atoms with Crippen LogP contribution in [0.4, 0.5) is 0 Å². The number of rotatable bonds is 3. The molecule has 1 aromatic rings. The Balaban J connectivity index is 2.12. The van der Waals surface area contributed by atoms with Crippen LogP contribution in [0.2, 0.25) is 0 Å². The van der Waals surface area contributed by atoms with E-state index in [0.29, 0.717) is 6.61 Å². The zero-order valence-corrected chi connectivity index (χ0v) is 8.93. The van der Waals surface area contributed by atoms with E-state index in [2.05, 4.69) is 21.4 Å². The Morgan fingerprint density at radius 2 is 2.19 bits per heavy atom. The lowest BCUT2D eigenvalue weighted by atomic mass is 10.0. The molecule has 1 saturated heterocycles. The maximum absolute atomic E-state index is 11.6. The van der Waals surface area contributed by atoms with E-state index in [9.17, 15) is 4.79 Å². The fourth-order valence-corrected chi connectivity index (χ4v) is 1.64. The maximum Gasteiger partial charge on any atom is 0.326 e. The predicted octanol–water partition coefficient (Wildman–Crippen LogP) is -0.333. The van der Waals surface area contributed by atoms with Crippen LogP contribution in [0.3, 0.4) is 0 Å². The minimum atomic E-state index is -0.428. The standard InChI is InChI=1S/C10H14N4O2/c1-2-16-10(15)9-8(12-14-13-9)7-3-5-11-6-4-7/h3-6,8-9,12-14H,2H2,1H3. The highest BCUT2D eigenvalue weighted by Gasteiger charge is 2.34. The first kappa shape index (κ1) is 11.0. The van der Waals surface area contributed by atoms with Crippen LogP contribution in [0.1, 0.15) is 18.5 Å². The second kappa shape index (κ2) is 5.02. The van der Waals surface area contributed by atoms with Crippen molar-refractivity contribution in [3.8, 4) is 0 Å². The molecule has 6 nitrogen and oxygen atoms in total. The van der Waals surface area contributed by atoms with Gasteiger partial charge in [0.15, 0.2) is 0 Å². The zero-order chi connectivity index (χ0) is 11.4. The number of ether oxygens (including phenoxy) is 1. The van der Waals surface area contributed by atoms with E-state index in [-0.39, 0.29) is 12.0 Å². The molecule has 6 heteroatoms. The van der Waals surface area contributed by atoms with Gasteiger partial charge >= 0.3 is 5.97 Å². The Hall–Kier alpha value is -1.50. The average molecular weight is 222 g/mol. The van der Waals surface area contributed by atoms with Gasteiger partial charge in [0.05, 0.1) is 12.6 Å². The molecule has 86 valence electrons. The molecule has 2 rings (SSSR count).